The summed E-state index contributed by atoms with van der Waals surface area (Å²) in [6.07, 6.45) is 0. The first-order valence-electron chi connectivity index (χ1n) is 5.79. The van der Waals surface area contributed by atoms with Crippen LogP contribution in [0.2, 0.25) is 0 Å². The molecule has 0 aliphatic carbocycles. The maximum atomic E-state index is 12.9. The lowest BCUT2D eigenvalue weighted by Crippen LogP contribution is -2.04. The van der Waals surface area contributed by atoms with Gasteiger partial charge in [0.15, 0.2) is 0 Å². The predicted octanol–water partition coefficient (Wildman–Crippen LogP) is 3.41. The van der Waals surface area contributed by atoms with Crippen molar-refractivity contribution >= 4 is 39.6 Å². The number of aromatic nitrogens is 2. The molecule has 19 heavy (non-hydrogen) atoms. The van der Waals surface area contributed by atoms with E-state index in [0.29, 0.717) is 12.5 Å². The molecule has 2 aromatic carbocycles. The average Bonchev–Trinajstić information content (AvgIpc) is 2.68. The Hall–Kier alpha value is -1.63. The summed E-state index contributed by atoms with van der Waals surface area (Å²) in [4.78, 5) is 4.35. The molecular formula is C14H11FIN3. The van der Waals surface area contributed by atoms with Gasteiger partial charge >= 0.3 is 0 Å². The van der Waals surface area contributed by atoms with Crippen molar-refractivity contribution in [3.8, 4) is 0 Å². The van der Waals surface area contributed by atoms with Gasteiger partial charge in [0.05, 0.1) is 17.6 Å². The third kappa shape index (κ3) is 2.42. The molecule has 0 atom stereocenters. The molecule has 0 saturated heterocycles. The van der Waals surface area contributed by atoms with Crippen LogP contribution in [0.1, 0.15) is 5.56 Å². The van der Waals surface area contributed by atoms with E-state index in [2.05, 4.69) is 27.6 Å². The number of nitrogens with two attached hydrogens (primary N) is 1. The van der Waals surface area contributed by atoms with Gasteiger partial charge in [-0.2, -0.15) is 0 Å². The molecule has 0 unspecified atom stereocenters. The maximum absolute atomic E-state index is 12.9. The lowest BCUT2D eigenvalue weighted by Gasteiger charge is -2.06. The van der Waals surface area contributed by atoms with E-state index in [1.54, 1.807) is 12.1 Å². The first-order chi connectivity index (χ1) is 9.13. The van der Waals surface area contributed by atoms with E-state index < -0.39 is 0 Å². The quantitative estimate of drug-likeness (QED) is 0.706. The number of nitrogens with zero attached hydrogens (tertiary/aromatic N) is 2. The molecule has 2 N–H and O–H groups in total. The Morgan fingerprint density at radius 1 is 1.16 bits per heavy atom. The third-order valence-corrected chi connectivity index (χ3v) is 3.66. The summed E-state index contributed by atoms with van der Waals surface area (Å²) in [7, 11) is 0. The SMILES string of the molecule is Nc1nc2cc(I)ccc2n1Cc1ccc(F)cc1. The molecule has 0 aliphatic rings. The molecule has 3 aromatic rings. The molecule has 96 valence electrons. The van der Waals surface area contributed by atoms with Gasteiger partial charge < -0.3 is 10.3 Å². The van der Waals surface area contributed by atoms with Crippen molar-refractivity contribution < 1.29 is 4.39 Å². The highest BCUT2D eigenvalue weighted by molar-refractivity contribution is 14.1. The minimum Gasteiger partial charge on any atom is -0.369 e. The van der Waals surface area contributed by atoms with E-state index in [1.165, 1.54) is 12.1 Å². The van der Waals surface area contributed by atoms with Gasteiger partial charge in [0.1, 0.15) is 5.82 Å². The summed E-state index contributed by atoms with van der Waals surface area (Å²) in [6, 6.07) is 12.4. The number of halogens is 2. The highest BCUT2D eigenvalue weighted by Gasteiger charge is 2.08. The van der Waals surface area contributed by atoms with Gasteiger partial charge in [-0.3, -0.25) is 0 Å². The summed E-state index contributed by atoms with van der Waals surface area (Å²) in [5.41, 5.74) is 8.82. The van der Waals surface area contributed by atoms with Crippen molar-refractivity contribution in [2.75, 3.05) is 5.73 Å². The van der Waals surface area contributed by atoms with Crippen molar-refractivity contribution in [2.24, 2.45) is 0 Å². The van der Waals surface area contributed by atoms with Crippen molar-refractivity contribution in [3.63, 3.8) is 0 Å². The highest BCUT2D eigenvalue weighted by Crippen LogP contribution is 2.21. The number of hydrogen-bond donors (Lipinski definition) is 1. The van der Waals surface area contributed by atoms with Gasteiger partial charge in [-0.05, 0) is 58.5 Å². The molecule has 3 rings (SSSR count). The Labute approximate surface area is 123 Å². The van der Waals surface area contributed by atoms with E-state index in [9.17, 15) is 4.39 Å². The van der Waals surface area contributed by atoms with E-state index in [1.807, 2.05) is 22.8 Å². The molecule has 5 heteroatoms. The fourth-order valence-electron chi connectivity index (χ4n) is 2.06. The van der Waals surface area contributed by atoms with Crippen LogP contribution in [0.15, 0.2) is 42.5 Å². The predicted molar refractivity (Wildman–Crippen MR) is 82.4 cm³/mol. The standard InChI is InChI=1S/C14H11FIN3/c15-10-3-1-9(2-4-10)8-19-13-6-5-11(16)7-12(13)18-14(19)17/h1-7H,8H2,(H2,17,18). The molecule has 3 nitrogen and oxygen atoms in total. The van der Waals surface area contributed by atoms with Crippen LogP contribution in [0.3, 0.4) is 0 Å². The summed E-state index contributed by atoms with van der Waals surface area (Å²) in [6.45, 7) is 0.587. The number of fused-ring (bicyclic) bond motifs is 1. The lowest BCUT2D eigenvalue weighted by atomic mass is 10.2. The van der Waals surface area contributed by atoms with Gasteiger partial charge in [-0.15, -0.1) is 0 Å². The molecule has 1 heterocycles. The Bertz CT molecular complexity index is 734. The van der Waals surface area contributed by atoms with Gasteiger partial charge in [0.25, 0.3) is 0 Å². The zero-order valence-corrected chi connectivity index (χ0v) is 12.1. The Morgan fingerprint density at radius 3 is 2.63 bits per heavy atom. The minimum atomic E-state index is -0.234. The number of rotatable bonds is 2. The Balaban J connectivity index is 2.05. The fourth-order valence-corrected chi connectivity index (χ4v) is 2.53. The summed E-state index contributed by atoms with van der Waals surface area (Å²) < 4.78 is 15.9. The van der Waals surface area contributed by atoms with Gasteiger partial charge in [0, 0.05) is 3.57 Å². The zero-order chi connectivity index (χ0) is 13.4. The topological polar surface area (TPSA) is 43.8 Å². The second-order valence-corrected chi connectivity index (χ2v) is 5.56. The van der Waals surface area contributed by atoms with Crippen molar-refractivity contribution in [2.45, 2.75) is 6.54 Å². The first kappa shape index (κ1) is 12.4. The van der Waals surface area contributed by atoms with Crippen molar-refractivity contribution in [3.05, 3.63) is 57.4 Å². The number of nitrogen functional groups attached to an aromatic ring is 1. The van der Waals surface area contributed by atoms with Crippen LogP contribution in [0, 0.1) is 9.39 Å². The van der Waals surface area contributed by atoms with Crippen LogP contribution in [0.4, 0.5) is 10.3 Å². The monoisotopic (exact) mass is 367 g/mol. The number of imidazole rings is 1. The van der Waals surface area contributed by atoms with Crippen molar-refractivity contribution in [1.29, 1.82) is 0 Å². The largest absolute Gasteiger partial charge is 0.369 e. The zero-order valence-electron chi connectivity index (χ0n) is 9.98. The second kappa shape index (κ2) is 4.80. The van der Waals surface area contributed by atoms with E-state index in [-0.39, 0.29) is 5.82 Å². The second-order valence-electron chi connectivity index (χ2n) is 4.32. The minimum absolute atomic E-state index is 0.234. The lowest BCUT2D eigenvalue weighted by molar-refractivity contribution is 0.626. The average molecular weight is 367 g/mol. The molecule has 0 amide bonds. The van der Waals surface area contributed by atoms with Gasteiger partial charge in [0.2, 0.25) is 5.95 Å². The molecule has 0 spiro atoms. The summed E-state index contributed by atoms with van der Waals surface area (Å²) >= 11 is 2.24. The first-order valence-corrected chi connectivity index (χ1v) is 6.87. The Morgan fingerprint density at radius 2 is 1.89 bits per heavy atom. The number of hydrogen-bond acceptors (Lipinski definition) is 2. The molecule has 0 fully saturated rings. The fraction of sp³-hybridized carbons (Fsp3) is 0.0714. The normalized spacial score (nSPS) is 11.1. The molecule has 1 aromatic heterocycles. The van der Waals surface area contributed by atoms with E-state index in [0.717, 1.165) is 20.2 Å². The molecule has 0 radical (unpaired) electrons. The third-order valence-electron chi connectivity index (χ3n) is 2.99. The molecule has 0 aliphatic heterocycles. The maximum Gasteiger partial charge on any atom is 0.201 e. The van der Waals surface area contributed by atoms with E-state index >= 15 is 0 Å². The summed E-state index contributed by atoms with van der Waals surface area (Å²) in [5, 5.41) is 0. The van der Waals surface area contributed by atoms with Crippen LogP contribution in [-0.4, -0.2) is 9.55 Å². The molecule has 0 saturated carbocycles. The van der Waals surface area contributed by atoms with E-state index in [4.69, 9.17) is 5.73 Å². The van der Waals surface area contributed by atoms with Crippen LogP contribution in [0.25, 0.3) is 11.0 Å². The van der Waals surface area contributed by atoms with Crippen LogP contribution in [0.5, 0.6) is 0 Å². The van der Waals surface area contributed by atoms with Gasteiger partial charge in [-0.25, -0.2) is 9.37 Å². The Kier molecular flexibility index (Phi) is 3.14. The molecular weight excluding hydrogens is 356 g/mol. The van der Waals surface area contributed by atoms with Crippen LogP contribution >= 0.6 is 22.6 Å². The smallest absolute Gasteiger partial charge is 0.201 e. The highest BCUT2D eigenvalue weighted by atomic mass is 127. The number of benzene rings is 2. The number of anilines is 1. The van der Waals surface area contributed by atoms with Crippen LogP contribution in [-0.2, 0) is 6.54 Å². The molecule has 0 bridgehead atoms. The summed E-state index contributed by atoms with van der Waals surface area (Å²) in [5.74, 6) is 0.239. The van der Waals surface area contributed by atoms with Crippen molar-refractivity contribution in [1.82, 2.24) is 9.55 Å². The van der Waals surface area contributed by atoms with Crippen LogP contribution < -0.4 is 5.73 Å². The van der Waals surface area contributed by atoms with Gasteiger partial charge in [-0.1, -0.05) is 12.1 Å².